The Morgan fingerprint density at radius 3 is 2.00 bits per heavy atom. The Labute approximate surface area is 105 Å². The molecular weight excluding hydrogens is 220 g/mol. The molecule has 0 aliphatic carbocycles. The summed E-state index contributed by atoms with van der Waals surface area (Å²) >= 11 is 0. The number of carbonyl (C=O) groups is 1. The van der Waals surface area contributed by atoms with Gasteiger partial charge in [0.25, 0.3) is 0 Å². The summed E-state index contributed by atoms with van der Waals surface area (Å²) in [6, 6.07) is 0. The van der Waals surface area contributed by atoms with Gasteiger partial charge in [-0.15, -0.1) is 0 Å². The minimum Gasteiger partial charge on any atom is -0.463 e. The Hall–Kier alpha value is -0.610. The largest absolute Gasteiger partial charge is 0.463 e. The minimum atomic E-state index is -0.190. The van der Waals surface area contributed by atoms with E-state index in [4.69, 9.17) is 14.2 Å². The number of ether oxygens (including phenoxy) is 3. The molecule has 102 valence electrons. The zero-order chi connectivity index (χ0) is 13.3. The van der Waals surface area contributed by atoms with Crippen molar-refractivity contribution < 1.29 is 19.0 Å². The molecule has 0 fully saturated rings. The van der Waals surface area contributed by atoms with Crippen LogP contribution in [0.2, 0.25) is 0 Å². The first-order valence-electron chi connectivity index (χ1n) is 6.34. The molecule has 0 amide bonds. The summed E-state index contributed by atoms with van der Waals surface area (Å²) in [4.78, 5) is 10.9. The number of esters is 1. The Morgan fingerprint density at radius 1 is 0.941 bits per heavy atom. The third-order valence-electron chi connectivity index (χ3n) is 2.10. The van der Waals surface area contributed by atoms with Gasteiger partial charge in [-0.05, 0) is 19.8 Å². The molecule has 0 spiro atoms. The van der Waals surface area contributed by atoms with E-state index in [0.29, 0.717) is 25.6 Å². The molecule has 0 N–H and O–H groups in total. The molecule has 2 atom stereocenters. The molecule has 0 aromatic rings. The number of carbonyl (C=O) groups excluding carboxylic acids is 1. The van der Waals surface area contributed by atoms with Crippen LogP contribution >= 0.6 is 0 Å². The molecule has 0 aliphatic rings. The summed E-state index contributed by atoms with van der Waals surface area (Å²) in [5, 5.41) is 0. The molecule has 0 aromatic carbocycles. The lowest BCUT2D eigenvalue weighted by Gasteiger charge is -2.18. The van der Waals surface area contributed by atoms with E-state index in [1.165, 1.54) is 0 Å². The lowest BCUT2D eigenvalue weighted by atomic mass is 10.2. The first-order valence-corrected chi connectivity index (χ1v) is 6.34. The Morgan fingerprint density at radius 2 is 1.47 bits per heavy atom. The fraction of sp³-hybridized carbons (Fsp3) is 0.923. The van der Waals surface area contributed by atoms with Crippen molar-refractivity contribution in [2.75, 3.05) is 19.8 Å². The lowest BCUT2D eigenvalue weighted by molar-refractivity contribution is -0.148. The van der Waals surface area contributed by atoms with Crippen molar-refractivity contribution >= 4 is 5.97 Å². The van der Waals surface area contributed by atoms with Crippen LogP contribution in [0.1, 0.15) is 41.0 Å². The van der Waals surface area contributed by atoms with Crippen LogP contribution in [0.5, 0.6) is 0 Å². The molecule has 17 heavy (non-hydrogen) atoms. The van der Waals surface area contributed by atoms with Gasteiger partial charge in [0.05, 0.1) is 18.8 Å². The van der Waals surface area contributed by atoms with Gasteiger partial charge in [-0.2, -0.15) is 0 Å². The van der Waals surface area contributed by atoms with Crippen molar-refractivity contribution in [2.24, 2.45) is 5.92 Å². The Bertz CT molecular complexity index is 204. The quantitative estimate of drug-likeness (QED) is 0.586. The molecule has 0 radical (unpaired) electrons. The van der Waals surface area contributed by atoms with Crippen LogP contribution in [-0.4, -0.2) is 38.0 Å². The van der Waals surface area contributed by atoms with Crippen molar-refractivity contribution in [1.29, 1.82) is 0 Å². The fourth-order valence-corrected chi connectivity index (χ4v) is 1.07. The maximum atomic E-state index is 10.9. The Balaban J connectivity index is 3.54. The number of rotatable bonds is 9. The molecule has 0 aromatic heterocycles. The Kier molecular flexibility index (Phi) is 9.09. The molecule has 0 aliphatic heterocycles. The van der Waals surface area contributed by atoms with Crippen molar-refractivity contribution in [1.82, 2.24) is 0 Å². The summed E-state index contributed by atoms with van der Waals surface area (Å²) < 4.78 is 16.1. The first-order chi connectivity index (χ1) is 7.95. The van der Waals surface area contributed by atoms with Gasteiger partial charge in [-0.3, -0.25) is 4.79 Å². The van der Waals surface area contributed by atoms with E-state index >= 15 is 0 Å². The highest BCUT2D eigenvalue weighted by molar-refractivity contribution is 5.68. The second-order valence-electron chi connectivity index (χ2n) is 4.72. The molecule has 0 saturated heterocycles. The summed E-state index contributed by atoms with van der Waals surface area (Å²) in [7, 11) is 0. The number of hydrogen-bond donors (Lipinski definition) is 0. The molecule has 0 saturated carbocycles. The predicted molar refractivity (Wildman–Crippen MR) is 66.9 cm³/mol. The van der Waals surface area contributed by atoms with E-state index in [9.17, 15) is 4.79 Å². The standard InChI is InChI=1S/C13H26O4/c1-6-13(14)17-9-12(5)16-8-11(4)15-7-10(2)3/h10-12H,6-9H2,1-5H3. The maximum Gasteiger partial charge on any atom is 0.305 e. The van der Waals surface area contributed by atoms with Gasteiger partial charge in [0.2, 0.25) is 0 Å². The zero-order valence-electron chi connectivity index (χ0n) is 11.7. The van der Waals surface area contributed by atoms with Crippen molar-refractivity contribution in [2.45, 2.75) is 53.2 Å². The van der Waals surface area contributed by atoms with Gasteiger partial charge in [-0.1, -0.05) is 20.8 Å². The van der Waals surface area contributed by atoms with E-state index in [1.807, 2.05) is 13.8 Å². The summed E-state index contributed by atoms with van der Waals surface area (Å²) in [6.07, 6.45) is 0.387. The van der Waals surface area contributed by atoms with Gasteiger partial charge < -0.3 is 14.2 Å². The lowest BCUT2D eigenvalue weighted by Crippen LogP contribution is -2.25. The van der Waals surface area contributed by atoms with Crippen molar-refractivity contribution in [3.63, 3.8) is 0 Å². The van der Waals surface area contributed by atoms with Crippen LogP contribution in [0.3, 0.4) is 0 Å². The van der Waals surface area contributed by atoms with Crippen LogP contribution in [0, 0.1) is 5.92 Å². The molecule has 4 nitrogen and oxygen atoms in total. The zero-order valence-corrected chi connectivity index (χ0v) is 11.7. The van der Waals surface area contributed by atoms with E-state index in [0.717, 1.165) is 6.61 Å². The highest BCUT2D eigenvalue weighted by Crippen LogP contribution is 2.01. The molecule has 4 heteroatoms. The highest BCUT2D eigenvalue weighted by Gasteiger charge is 2.09. The van der Waals surface area contributed by atoms with Gasteiger partial charge in [0, 0.05) is 13.0 Å². The summed E-state index contributed by atoms with van der Waals surface area (Å²) in [5.74, 6) is 0.338. The molecule has 0 rings (SSSR count). The topological polar surface area (TPSA) is 44.8 Å². The number of hydrogen-bond acceptors (Lipinski definition) is 4. The average Bonchev–Trinajstić information content (AvgIpc) is 2.30. The molecule has 2 unspecified atom stereocenters. The average molecular weight is 246 g/mol. The van der Waals surface area contributed by atoms with Crippen LogP contribution in [0.4, 0.5) is 0 Å². The van der Waals surface area contributed by atoms with Gasteiger partial charge in [0.15, 0.2) is 0 Å². The van der Waals surface area contributed by atoms with Crippen LogP contribution in [0.15, 0.2) is 0 Å². The third kappa shape index (κ3) is 10.3. The van der Waals surface area contributed by atoms with Crippen LogP contribution in [-0.2, 0) is 19.0 Å². The normalized spacial score (nSPS) is 14.7. The van der Waals surface area contributed by atoms with Gasteiger partial charge >= 0.3 is 5.97 Å². The summed E-state index contributed by atoms with van der Waals surface area (Å²) in [5.41, 5.74) is 0. The third-order valence-corrected chi connectivity index (χ3v) is 2.10. The highest BCUT2D eigenvalue weighted by atomic mass is 16.6. The van der Waals surface area contributed by atoms with E-state index in [2.05, 4.69) is 13.8 Å². The fourth-order valence-electron chi connectivity index (χ4n) is 1.07. The molecule has 0 bridgehead atoms. The van der Waals surface area contributed by atoms with E-state index in [1.54, 1.807) is 6.92 Å². The second-order valence-corrected chi connectivity index (χ2v) is 4.72. The van der Waals surface area contributed by atoms with Crippen LogP contribution in [0.25, 0.3) is 0 Å². The van der Waals surface area contributed by atoms with Crippen molar-refractivity contribution in [3.8, 4) is 0 Å². The van der Waals surface area contributed by atoms with Gasteiger partial charge in [0.1, 0.15) is 6.61 Å². The van der Waals surface area contributed by atoms with Crippen molar-refractivity contribution in [3.05, 3.63) is 0 Å². The van der Waals surface area contributed by atoms with Crippen LogP contribution < -0.4 is 0 Å². The summed E-state index contributed by atoms with van der Waals surface area (Å²) in [6.45, 7) is 11.4. The SMILES string of the molecule is CCC(=O)OCC(C)OCC(C)OCC(C)C. The minimum absolute atomic E-state index is 0.0710. The maximum absolute atomic E-state index is 10.9. The van der Waals surface area contributed by atoms with Gasteiger partial charge in [-0.25, -0.2) is 0 Å². The molecular formula is C13H26O4. The second kappa shape index (κ2) is 9.42. The monoisotopic (exact) mass is 246 g/mol. The smallest absolute Gasteiger partial charge is 0.305 e. The predicted octanol–water partition coefficient (Wildman–Crippen LogP) is 2.41. The van der Waals surface area contributed by atoms with E-state index < -0.39 is 0 Å². The first kappa shape index (κ1) is 16.4. The van der Waals surface area contributed by atoms with E-state index in [-0.39, 0.29) is 18.2 Å². The molecule has 0 heterocycles.